The zero-order chi connectivity index (χ0) is 26.3. The number of thiophene rings is 1. The van der Waals surface area contributed by atoms with Gasteiger partial charge in [-0.2, -0.15) is 0 Å². The second-order valence-corrected chi connectivity index (χ2v) is 12.1. The number of rotatable bonds is 5. The monoisotopic (exact) mass is 561 g/mol. The third kappa shape index (κ3) is 5.04. The highest BCUT2D eigenvalue weighted by Gasteiger charge is 2.21. The van der Waals surface area contributed by atoms with Crippen LogP contribution in [0, 0.1) is 12.7 Å². The lowest BCUT2D eigenvalue weighted by Crippen LogP contribution is -2.34. The molecule has 0 unspecified atom stereocenters. The average molecular weight is 562 g/mol. The Kier molecular flexibility index (Phi) is 6.65. The number of carbonyl (C=O) groups is 1. The zero-order valence-corrected chi connectivity index (χ0v) is 21.9. The van der Waals surface area contributed by atoms with Crippen LogP contribution < -0.4 is 20.5 Å². The van der Waals surface area contributed by atoms with Gasteiger partial charge in [-0.3, -0.25) is 9.36 Å². The maximum absolute atomic E-state index is 15.1. The standard InChI is InChI=1S/C24H21ClFN5O4S2/c1-14-27-19-13-16(30-10-2-3-11-30)5-6-17(19)23(32)31(14)20-7-4-15(12-18(20)26)28-24(33)29-37(34,35)22-9-8-21(25)36-22/h4-9,12-13H,2-3,10-11H2,1H3,(H2,28,29,33). The maximum Gasteiger partial charge on any atom is 0.333 e. The molecule has 2 aromatic heterocycles. The van der Waals surface area contributed by atoms with Gasteiger partial charge in [0.1, 0.15) is 15.9 Å². The van der Waals surface area contributed by atoms with Crippen molar-refractivity contribution in [3.63, 3.8) is 0 Å². The van der Waals surface area contributed by atoms with Crippen LogP contribution in [-0.2, 0) is 10.0 Å². The highest BCUT2D eigenvalue weighted by atomic mass is 35.5. The lowest BCUT2D eigenvalue weighted by atomic mass is 10.2. The molecule has 3 heterocycles. The molecule has 0 aliphatic carbocycles. The van der Waals surface area contributed by atoms with Gasteiger partial charge in [0.25, 0.3) is 15.6 Å². The number of urea groups is 1. The van der Waals surface area contributed by atoms with E-state index >= 15 is 4.39 Å². The molecule has 1 fully saturated rings. The number of nitrogens with zero attached hydrogens (tertiary/aromatic N) is 3. The summed E-state index contributed by atoms with van der Waals surface area (Å²) in [5.74, 6) is -0.500. The van der Waals surface area contributed by atoms with Gasteiger partial charge in [-0.05, 0) is 68.3 Å². The number of anilines is 2. The summed E-state index contributed by atoms with van der Waals surface area (Å²) in [6.45, 7) is 3.53. The summed E-state index contributed by atoms with van der Waals surface area (Å²) in [5.41, 5.74) is 1.05. The predicted octanol–water partition coefficient (Wildman–Crippen LogP) is 4.66. The number of fused-ring (bicyclic) bond motifs is 1. The number of amides is 2. The lowest BCUT2D eigenvalue weighted by Gasteiger charge is -2.18. The number of nitrogens with one attached hydrogen (secondary N) is 2. The molecule has 13 heteroatoms. The van der Waals surface area contributed by atoms with Crippen LogP contribution in [0.25, 0.3) is 16.6 Å². The van der Waals surface area contributed by atoms with Crippen LogP contribution in [0.15, 0.2) is 57.5 Å². The Bertz CT molecular complexity index is 1700. The minimum Gasteiger partial charge on any atom is -0.371 e. The molecule has 1 aliphatic heterocycles. The number of halogens is 2. The van der Waals surface area contributed by atoms with Gasteiger partial charge < -0.3 is 10.2 Å². The van der Waals surface area contributed by atoms with Crippen LogP contribution in [0.4, 0.5) is 20.6 Å². The van der Waals surface area contributed by atoms with Crippen molar-refractivity contribution in [2.24, 2.45) is 0 Å². The van der Waals surface area contributed by atoms with E-state index in [1.54, 1.807) is 13.0 Å². The zero-order valence-electron chi connectivity index (χ0n) is 19.5. The first-order valence-electron chi connectivity index (χ1n) is 11.3. The van der Waals surface area contributed by atoms with Gasteiger partial charge in [0, 0.05) is 24.5 Å². The summed E-state index contributed by atoms with van der Waals surface area (Å²) < 4.78 is 42.8. The number of carbonyl (C=O) groups excluding carboxylic acids is 1. The van der Waals surface area contributed by atoms with E-state index in [2.05, 4.69) is 15.2 Å². The van der Waals surface area contributed by atoms with Crippen molar-refractivity contribution in [1.29, 1.82) is 0 Å². The molecule has 1 aliphatic rings. The van der Waals surface area contributed by atoms with E-state index in [9.17, 15) is 18.0 Å². The van der Waals surface area contributed by atoms with Crippen molar-refractivity contribution in [2.45, 2.75) is 24.0 Å². The Labute approximate surface area is 220 Å². The van der Waals surface area contributed by atoms with E-state index < -0.39 is 27.4 Å². The maximum atomic E-state index is 15.1. The van der Waals surface area contributed by atoms with Crippen molar-refractivity contribution < 1.29 is 17.6 Å². The molecule has 0 spiro atoms. The SMILES string of the molecule is Cc1nc2cc(N3CCCC3)ccc2c(=O)n1-c1ccc(NC(=O)NS(=O)(=O)c2ccc(Cl)s2)cc1F. The van der Waals surface area contributed by atoms with E-state index in [1.165, 1.54) is 28.8 Å². The summed E-state index contributed by atoms with van der Waals surface area (Å²) in [6, 6.07) is 10.7. The molecule has 2 N–H and O–H groups in total. The van der Waals surface area contributed by atoms with Crippen molar-refractivity contribution >= 4 is 61.3 Å². The summed E-state index contributed by atoms with van der Waals surface area (Å²) >= 11 is 6.55. The fourth-order valence-corrected chi connectivity index (χ4v) is 6.67. The molecular formula is C24H21ClFN5O4S2. The molecule has 1 saturated heterocycles. The molecule has 2 aromatic carbocycles. The number of aromatic nitrogens is 2. The minimum atomic E-state index is -4.14. The molecule has 9 nitrogen and oxygen atoms in total. The smallest absolute Gasteiger partial charge is 0.333 e. The van der Waals surface area contributed by atoms with Gasteiger partial charge in [0.05, 0.1) is 20.9 Å². The first kappa shape index (κ1) is 25.2. The Morgan fingerprint density at radius 3 is 2.54 bits per heavy atom. The second kappa shape index (κ2) is 9.77. The van der Waals surface area contributed by atoms with Gasteiger partial charge in [-0.25, -0.2) is 27.3 Å². The number of aryl methyl sites for hydroxylation is 1. The van der Waals surface area contributed by atoms with E-state index in [-0.39, 0.29) is 19.9 Å². The van der Waals surface area contributed by atoms with E-state index in [1.807, 2.05) is 16.9 Å². The fraction of sp³-hybridized carbons (Fsp3) is 0.208. The summed E-state index contributed by atoms with van der Waals surface area (Å²) in [4.78, 5) is 32.3. The molecule has 0 radical (unpaired) electrons. The Hall–Kier alpha value is -3.48. The average Bonchev–Trinajstić information content (AvgIpc) is 3.52. The molecule has 0 atom stereocenters. The normalized spacial score (nSPS) is 13.8. The first-order chi connectivity index (χ1) is 17.6. The second-order valence-electron chi connectivity index (χ2n) is 8.48. The molecule has 4 aromatic rings. The predicted molar refractivity (Wildman–Crippen MR) is 142 cm³/mol. The third-order valence-corrected chi connectivity index (χ3v) is 9.03. The van der Waals surface area contributed by atoms with E-state index in [0.717, 1.165) is 49.0 Å². The van der Waals surface area contributed by atoms with Crippen LogP contribution >= 0.6 is 22.9 Å². The first-order valence-corrected chi connectivity index (χ1v) is 14.0. The molecule has 0 bridgehead atoms. The number of sulfonamides is 1. The Morgan fingerprint density at radius 2 is 1.86 bits per heavy atom. The van der Waals surface area contributed by atoms with Crippen molar-refractivity contribution in [3.8, 4) is 5.69 Å². The van der Waals surface area contributed by atoms with Gasteiger partial charge >= 0.3 is 6.03 Å². The van der Waals surface area contributed by atoms with Crippen LogP contribution in [0.2, 0.25) is 4.34 Å². The number of hydrogen-bond donors (Lipinski definition) is 2. The minimum absolute atomic E-state index is 0.00660. The summed E-state index contributed by atoms with van der Waals surface area (Å²) in [6.07, 6.45) is 2.24. The topological polar surface area (TPSA) is 113 Å². The molecule has 2 amide bonds. The van der Waals surface area contributed by atoms with Crippen LogP contribution in [0.3, 0.4) is 0 Å². The van der Waals surface area contributed by atoms with Crippen LogP contribution in [0.1, 0.15) is 18.7 Å². The largest absolute Gasteiger partial charge is 0.371 e. The van der Waals surface area contributed by atoms with Gasteiger partial charge in [-0.1, -0.05) is 11.6 Å². The van der Waals surface area contributed by atoms with E-state index in [4.69, 9.17) is 11.6 Å². The molecule has 192 valence electrons. The summed E-state index contributed by atoms with van der Waals surface area (Å²) in [5, 5.41) is 2.64. The number of benzene rings is 2. The third-order valence-electron chi connectivity index (χ3n) is 5.98. The van der Waals surface area contributed by atoms with Crippen molar-refractivity contribution in [1.82, 2.24) is 14.3 Å². The Morgan fingerprint density at radius 1 is 1.11 bits per heavy atom. The highest BCUT2D eigenvalue weighted by molar-refractivity contribution is 7.92. The van der Waals surface area contributed by atoms with Crippen molar-refractivity contribution in [2.75, 3.05) is 23.3 Å². The molecular weight excluding hydrogens is 541 g/mol. The lowest BCUT2D eigenvalue weighted by molar-refractivity contribution is 0.256. The van der Waals surface area contributed by atoms with E-state index in [0.29, 0.717) is 16.7 Å². The van der Waals surface area contributed by atoms with Crippen molar-refractivity contribution in [3.05, 3.63) is 74.9 Å². The fourth-order valence-electron chi connectivity index (χ4n) is 4.28. The highest BCUT2D eigenvalue weighted by Crippen LogP contribution is 2.26. The number of hydrogen-bond acceptors (Lipinski definition) is 7. The summed E-state index contributed by atoms with van der Waals surface area (Å²) in [7, 11) is -4.14. The Balaban J connectivity index is 1.40. The van der Waals surface area contributed by atoms with Crippen LogP contribution in [-0.4, -0.2) is 37.1 Å². The van der Waals surface area contributed by atoms with Crippen LogP contribution in [0.5, 0.6) is 0 Å². The van der Waals surface area contributed by atoms with Gasteiger partial charge in [0.2, 0.25) is 0 Å². The molecule has 37 heavy (non-hydrogen) atoms. The van der Waals surface area contributed by atoms with Gasteiger partial charge in [-0.15, -0.1) is 11.3 Å². The molecule has 0 saturated carbocycles. The molecule has 5 rings (SSSR count). The van der Waals surface area contributed by atoms with Gasteiger partial charge in [0.15, 0.2) is 0 Å². The quantitative estimate of drug-likeness (QED) is 0.366.